The lowest BCUT2D eigenvalue weighted by Crippen LogP contribution is -2.41. The van der Waals surface area contributed by atoms with Gasteiger partial charge in [-0.05, 0) is 42.6 Å². The van der Waals surface area contributed by atoms with Crippen molar-refractivity contribution in [3.63, 3.8) is 0 Å². The van der Waals surface area contributed by atoms with Crippen LogP contribution in [0.5, 0.6) is 0 Å². The van der Waals surface area contributed by atoms with Gasteiger partial charge in [-0.15, -0.1) is 0 Å². The summed E-state index contributed by atoms with van der Waals surface area (Å²) in [6.07, 6.45) is 5.12. The van der Waals surface area contributed by atoms with Crippen LogP contribution in [0.25, 0.3) is 0 Å². The number of pyridine rings is 1. The van der Waals surface area contributed by atoms with Crippen LogP contribution >= 0.6 is 0 Å². The topological polar surface area (TPSA) is 57.7 Å². The van der Waals surface area contributed by atoms with E-state index in [0.717, 1.165) is 25.0 Å². The minimum absolute atomic E-state index is 0.0825. The average Bonchev–Trinajstić information content (AvgIpc) is 2.93. The third-order valence-corrected chi connectivity index (χ3v) is 10.1. The molecule has 26 heavy (non-hydrogen) atoms. The molecule has 0 aliphatic carbocycles. The zero-order valence-corrected chi connectivity index (χ0v) is 18.0. The number of esters is 1. The van der Waals surface area contributed by atoms with Gasteiger partial charge in [0.15, 0.2) is 8.32 Å². The fourth-order valence-corrected chi connectivity index (χ4v) is 4.15. The molecule has 1 aromatic heterocycles. The Morgan fingerprint density at radius 2 is 2.12 bits per heavy atom. The normalized spacial score (nSPS) is 23.8. The predicted molar refractivity (Wildman–Crippen MR) is 104 cm³/mol. The molecule has 1 aromatic rings. The van der Waals surface area contributed by atoms with E-state index in [9.17, 15) is 4.79 Å². The Morgan fingerprint density at radius 1 is 1.38 bits per heavy atom. The van der Waals surface area contributed by atoms with Gasteiger partial charge in [0.25, 0.3) is 0 Å². The molecule has 6 heteroatoms. The molecule has 0 saturated carbocycles. The number of hydrogen-bond donors (Lipinski definition) is 0. The minimum atomic E-state index is -1.73. The smallest absolute Gasteiger partial charge is 0.302 e. The summed E-state index contributed by atoms with van der Waals surface area (Å²) in [5.74, 6) is -0.126. The molecule has 0 radical (unpaired) electrons. The van der Waals surface area contributed by atoms with Crippen LogP contribution in [0, 0.1) is 5.92 Å². The molecule has 0 amide bonds. The second kappa shape index (κ2) is 8.63. The Bertz CT molecular complexity index is 585. The first kappa shape index (κ1) is 21.1. The lowest BCUT2D eigenvalue weighted by molar-refractivity contribution is -0.148. The van der Waals surface area contributed by atoms with Gasteiger partial charge >= 0.3 is 5.97 Å². The SMILES string of the molecule is CC(=O)O[C@H]1CO[C@H](c2cccnc2)[C@@H]1CCCO[Si](C)(C)C(C)(C)C. The summed E-state index contributed by atoms with van der Waals surface area (Å²) in [5.41, 5.74) is 1.04. The zero-order chi connectivity index (χ0) is 19.4. The molecule has 0 spiro atoms. The maximum Gasteiger partial charge on any atom is 0.302 e. The number of carbonyl (C=O) groups is 1. The van der Waals surface area contributed by atoms with E-state index in [0.29, 0.717) is 6.61 Å². The molecule has 5 nitrogen and oxygen atoms in total. The highest BCUT2D eigenvalue weighted by atomic mass is 28.4. The van der Waals surface area contributed by atoms with Crippen LogP contribution in [0.2, 0.25) is 18.1 Å². The quantitative estimate of drug-likeness (QED) is 0.396. The molecule has 0 unspecified atom stereocenters. The van der Waals surface area contributed by atoms with Crippen molar-refractivity contribution >= 4 is 14.3 Å². The number of nitrogens with zero attached hydrogens (tertiary/aromatic N) is 1. The number of hydrogen-bond acceptors (Lipinski definition) is 5. The third-order valence-electron chi connectivity index (χ3n) is 5.59. The summed E-state index contributed by atoms with van der Waals surface area (Å²) in [6, 6.07) is 3.93. The molecule has 0 aromatic carbocycles. The van der Waals surface area contributed by atoms with E-state index >= 15 is 0 Å². The molecule has 0 N–H and O–H groups in total. The fraction of sp³-hybridized carbons (Fsp3) is 0.700. The summed E-state index contributed by atoms with van der Waals surface area (Å²) >= 11 is 0. The zero-order valence-electron chi connectivity index (χ0n) is 17.0. The van der Waals surface area contributed by atoms with Gasteiger partial charge < -0.3 is 13.9 Å². The number of aromatic nitrogens is 1. The van der Waals surface area contributed by atoms with Crippen LogP contribution in [-0.4, -0.2) is 38.6 Å². The highest BCUT2D eigenvalue weighted by Crippen LogP contribution is 2.40. The van der Waals surface area contributed by atoms with Crippen molar-refractivity contribution in [2.45, 2.75) is 70.9 Å². The molecule has 2 rings (SSSR count). The maximum absolute atomic E-state index is 11.5. The summed E-state index contributed by atoms with van der Waals surface area (Å²) < 4.78 is 17.8. The second-order valence-corrected chi connectivity index (χ2v) is 13.4. The van der Waals surface area contributed by atoms with Crippen LogP contribution in [0.4, 0.5) is 0 Å². The van der Waals surface area contributed by atoms with Crippen LogP contribution in [0.3, 0.4) is 0 Å². The van der Waals surface area contributed by atoms with Gasteiger partial charge in [-0.3, -0.25) is 9.78 Å². The van der Waals surface area contributed by atoms with Gasteiger partial charge in [0.05, 0.1) is 12.7 Å². The minimum Gasteiger partial charge on any atom is -0.460 e. The number of rotatable bonds is 7. The van der Waals surface area contributed by atoms with Crippen molar-refractivity contribution in [1.82, 2.24) is 4.98 Å². The third kappa shape index (κ3) is 5.38. The van der Waals surface area contributed by atoms with Gasteiger partial charge in [0.2, 0.25) is 0 Å². The first-order valence-electron chi connectivity index (χ1n) is 9.44. The Morgan fingerprint density at radius 3 is 2.69 bits per heavy atom. The summed E-state index contributed by atoms with van der Waals surface area (Å²) in [7, 11) is -1.73. The van der Waals surface area contributed by atoms with Crippen molar-refractivity contribution in [1.29, 1.82) is 0 Å². The van der Waals surface area contributed by atoms with Crippen molar-refractivity contribution in [3.8, 4) is 0 Å². The Labute approximate surface area is 158 Å². The van der Waals surface area contributed by atoms with Crippen molar-refractivity contribution in [2.75, 3.05) is 13.2 Å². The van der Waals surface area contributed by atoms with Gasteiger partial charge in [-0.25, -0.2) is 0 Å². The van der Waals surface area contributed by atoms with E-state index < -0.39 is 8.32 Å². The predicted octanol–water partition coefficient (Wildman–Crippen LogP) is 4.50. The largest absolute Gasteiger partial charge is 0.460 e. The van der Waals surface area contributed by atoms with E-state index in [1.54, 1.807) is 6.20 Å². The first-order valence-corrected chi connectivity index (χ1v) is 12.4. The van der Waals surface area contributed by atoms with Crippen LogP contribution in [0.1, 0.15) is 52.2 Å². The number of ether oxygens (including phenoxy) is 2. The van der Waals surface area contributed by atoms with Crippen LogP contribution in [0.15, 0.2) is 24.5 Å². The first-order chi connectivity index (χ1) is 12.1. The highest BCUT2D eigenvalue weighted by molar-refractivity contribution is 6.74. The van der Waals surface area contributed by atoms with Crippen LogP contribution < -0.4 is 0 Å². The molecular formula is C20H33NO4Si. The molecule has 1 fully saturated rings. The summed E-state index contributed by atoms with van der Waals surface area (Å²) in [5, 5.41) is 0.210. The van der Waals surface area contributed by atoms with Gasteiger partial charge in [-0.2, -0.15) is 0 Å². The summed E-state index contributed by atoms with van der Waals surface area (Å²) in [4.78, 5) is 15.6. The van der Waals surface area contributed by atoms with Gasteiger partial charge in [-0.1, -0.05) is 26.8 Å². The van der Waals surface area contributed by atoms with Crippen LogP contribution in [-0.2, 0) is 18.7 Å². The van der Waals surface area contributed by atoms with E-state index in [1.165, 1.54) is 6.92 Å². The average molecular weight is 380 g/mol. The highest BCUT2D eigenvalue weighted by Gasteiger charge is 2.40. The Balaban J connectivity index is 1.98. The second-order valence-electron chi connectivity index (χ2n) is 8.60. The van der Waals surface area contributed by atoms with Gasteiger partial charge in [0.1, 0.15) is 6.10 Å². The fourth-order valence-electron chi connectivity index (χ4n) is 3.06. The van der Waals surface area contributed by atoms with Crippen molar-refractivity contribution in [2.24, 2.45) is 5.92 Å². The molecule has 3 atom stereocenters. The van der Waals surface area contributed by atoms with E-state index in [1.807, 2.05) is 18.3 Å². The lowest BCUT2D eigenvalue weighted by Gasteiger charge is -2.36. The monoisotopic (exact) mass is 379 g/mol. The van der Waals surface area contributed by atoms with E-state index in [4.69, 9.17) is 13.9 Å². The summed E-state index contributed by atoms with van der Waals surface area (Å²) in [6.45, 7) is 13.9. The molecule has 1 aliphatic heterocycles. The lowest BCUT2D eigenvalue weighted by atomic mass is 9.90. The van der Waals surface area contributed by atoms with E-state index in [2.05, 4.69) is 38.8 Å². The molecule has 1 saturated heterocycles. The van der Waals surface area contributed by atoms with E-state index in [-0.39, 0.29) is 29.1 Å². The standard InChI is InChI=1S/C20H33NO4Si/c1-15(22)25-18-14-23-19(16-9-7-11-21-13-16)17(18)10-8-12-24-26(5,6)20(2,3)4/h7,9,11,13,17-19H,8,10,12,14H2,1-6H3/t17-,18+,19-/m1/s1. The van der Waals surface area contributed by atoms with Gasteiger partial charge in [0, 0.05) is 31.8 Å². The molecule has 146 valence electrons. The molecular weight excluding hydrogens is 346 g/mol. The molecule has 0 bridgehead atoms. The van der Waals surface area contributed by atoms with Crippen molar-refractivity contribution in [3.05, 3.63) is 30.1 Å². The number of carbonyl (C=O) groups excluding carboxylic acids is 1. The van der Waals surface area contributed by atoms with Crippen molar-refractivity contribution < 1.29 is 18.7 Å². The Kier molecular flexibility index (Phi) is 6.99. The molecule has 2 heterocycles. The molecule has 1 aliphatic rings. The Hall–Kier alpha value is -1.24. The maximum atomic E-state index is 11.5.